The number of benzene rings is 1. The zero-order valence-electron chi connectivity index (χ0n) is 11.0. The van der Waals surface area contributed by atoms with Gasteiger partial charge in [-0.3, -0.25) is 4.90 Å². The molecular formula is C14H20N4. The molecule has 0 radical (unpaired) electrons. The van der Waals surface area contributed by atoms with Gasteiger partial charge in [0, 0.05) is 31.7 Å². The third-order valence-electron chi connectivity index (χ3n) is 3.15. The number of nitrogens with zero attached hydrogens (tertiary/aromatic N) is 3. The van der Waals surface area contributed by atoms with E-state index in [0.717, 1.165) is 31.0 Å². The number of anilines is 1. The van der Waals surface area contributed by atoms with E-state index < -0.39 is 0 Å². The summed E-state index contributed by atoms with van der Waals surface area (Å²) in [5.41, 5.74) is 8.02. The summed E-state index contributed by atoms with van der Waals surface area (Å²) >= 11 is 0. The Hall–Kier alpha value is -1.81. The number of imidazole rings is 1. The number of aromatic nitrogens is 2. The molecule has 0 aliphatic heterocycles. The maximum absolute atomic E-state index is 5.93. The van der Waals surface area contributed by atoms with Gasteiger partial charge in [0.25, 0.3) is 0 Å². The first-order chi connectivity index (χ1) is 8.66. The lowest BCUT2D eigenvalue weighted by molar-refractivity contribution is 0.319. The van der Waals surface area contributed by atoms with Crippen LogP contribution in [0, 0.1) is 0 Å². The molecule has 96 valence electrons. The molecule has 0 saturated heterocycles. The predicted molar refractivity (Wildman–Crippen MR) is 74.1 cm³/mol. The van der Waals surface area contributed by atoms with Crippen LogP contribution in [-0.4, -0.2) is 28.0 Å². The van der Waals surface area contributed by atoms with Crippen LogP contribution in [0.25, 0.3) is 0 Å². The van der Waals surface area contributed by atoms with E-state index in [1.807, 2.05) is 42.2 Å². The van der Waals surface area contributed by atoms with Crippen molar-refractivity contribution in [3.8, 4) is 0 Å². The van der Waals surface area contributed by atoms with Crippen LogP contribution in [0.4, 0.5) is 5.69 Å². The molecule has 0 spiro atoms. The van der Waals surface area contributed by atoms with E-state index in [0.29, 0.717) is 0 Å². The molecule has 2 aromatic rings. The highest BCUT2D eigenvalue weighted by atomic mass is 15.1. The van der Waals surface area contributed by atoms with E-state index in [1.54, 1.807) is 0 Å². The second kappa shape index (κ2) is 5.69. The van der Waals surface area contributed by atoms with Gasteiger partial charge in [0.05, 0.1) is 6.54 Å². The summed E-state index contributed by atoms with van der Waals surface area (Å²) in [6.07, 6.45) is 4.77. The molecule has 4 nitrogen and oxygen atoms in total. The minimum Gasteiger partial charge on any atom is -0.399 e. The van der Waals surface area contributed by atoms with Crippen molar-refractivity contribution in [2.75, 3.05) is 19.3 Å². The van der Waals surface area contributed by atoms with Gasteiger partial charge >= 0.3 is 0 Å². The predicted octanol–water partition coefficient (Wildman–Crippen LogP) is 1.68. The summed E-state index contributed by atoms with van der Waals surface area (Å²) < 4.78 is 2.05. The standard InChI is InChI=1S/C14H20N4/c1-17(11-14-16-8-10-18(14)2)9-7-12-5-3-4-6-13(12)15/h3-6,8,10H,7,9,11,15H2,1-2H3. The summed E-state index contributed by atoms with van der Waals surface area (Å²) in [7, 11) is 4.12. The highest BCUT2D eigenvalue weighted by molar-refractivity contribution is 5.46. The van der Waals surface area contributed by atoms with Gasteiger partial charge in [-0.15, -0.1) is 0 Å². The fourth-order valence-corrected chi connectivity index (χ4v) is 1.94. The molecule has 18 heavy (non-hydrogen) atoms. The maximum Gasteiger partial charge on any atom is 0.122 e. The number of nitrogens with two attached hydrogens (primary N) is 1. The first kappa shape index (κ1) is 12.6. The van der Waals surface area contributed by atoms with E-state index in [1.165, 1.54) is 5.56 Å². The number of likely N-dealkylation sites (N-methyl/N-ethyl adjacent to an activating group) is 1. The second-order valence-electron chi connectivity index (χ2n) is 4.64. The van der Waals surface area contributed by atoms with Gasteiger partial charge in [-0.1, -0.05) is 18.2 Å². The zero-order valence-corrected chi connectivity index (χ0v) is 11.0. The Labute approximate surface area is 108 Å². The van der Waals surface area contributed by atoms with Gasteiger partial charge in [0.1, 0.15) is 5.82 Å². The number of rotatable bonds is 5. The van der Waals surface area contributed by atoms with Crippen molar-refractivity contribution in [1.82, 2.24) is 14.5 Å². The van der Waals surface area contributed by atoms with Crippen LogP contribution >= 0.6 is 0 Å². The SMILES string of the molecule is CN(CCc1ccccc1N)Cc1nccn1C. The van der Waals surface area contributed by atoms with Gasteiger partial charge in [-0.25, -0.2) is 4.98 Å². The van der Waals surface area contributed by atoms with Crippen LogP contribution in [-0.2, 0) is 20.0 Å². The van der Waals surface area contributed by atoms with Crippen LogP contribution in [0.5, 0.6) is 0 Å². The van der Waals surface area contributed by atoms with Crippen molar-refractivity contribution in [2.24, 2.45) is 7.05 Å². The average Bonchev–Trinajstić information content (AvgIpc) is 2.74. The Morgan fingerprint density at radius 1 is 1.33 bits per heavy atom. The lowest BCUT2D eigenvalue weighted by Gasteiger charge is -2.16. The Bertz CT molecular complexity index is 504. The number of para-hydroxylation sites is 1. The average molecular weight is 244 g/mol. The molecule has 0 aliphatic rings. The molecule has 2 N–H and O–H groups in total. The monoisotopic (exact) mass is 244 g/mol. The lowest BCUT2D eigenvalue weighted by atomic mass is 10.1. The normalized spacial score (nSPS) is 11.1. The van der Waals surface area contributed by atoms with E-state index in [2.05, 4.69) is 23.0 Å². The van der Waals surface area contributed by atoms with Crippen LogP contribution in [0.2, 0.25) is 0 Å². The molecule has 0 fully saturated rings. The second-order valence-corrected chi connectivity index (χ2v) is 4.64. The van der Waals surface area contributed by atoms with Crippen LogP contribution in [0.3, 0.4) is 0 Å². The van der Waals surface area contributed by atoms with Crippen LogP contribution in [0.15, 0.2) is 36.7 Å². The van der Waals surface area contributed by atoms with Crippen LogP contribution in [0.1, 0.15) is 11.4 Å². The number of hydrogen-bond acceptors (Lipinski definition) is 3. The summed E-state index contributed by atoms with van der Waals surface area (Å²) in [6.45, 7) is 1.83. The smallest absolute Gasteiger partial charge is 0.122 e. The van der Waals surface area contributed by atoms with Gasteiger partial charge in [0.2, 0.25) is 0 Å². The Morgan fingerprint density at radius 2 is 2.11 bits per heavy atom. The van der Waals surface area contributed by atoms with E-state index in [9.17, 15) is 0 Å². The highest BCUT2D eigenvalue weighted by Crippen LogP contribution is 2.11. The summed E-state index contributed by atoms with van der Waals surface area (Å²) in [4.78, 5) is 6.58. The Morgan fingerprint density at radius 3 is 2.78 bits per heavy atom. The van der Waals surface area contributed by atoms with Gasteiger partial charge in [-0.05, 0) is 25.1 Å². The van der Waals surface area contributed by atoms with E-state index in [-0.39, 0.29) is 0 Å². The Balaban J connectivity index is 1.87. The summed E-state index contributed by atoms with van der Waals surface area (Å²) in [5, 5.41) is 0. The zero-order chi connectivity index (χ0) is 13.0. The van der Waals surface area contributed by atoms with Crippen molar-refractivity contribution in [3.05, 3.63) is 48.0 Å². The first-order valence-electron chi connectivity index (χ1n) is 6.15. The molecule has 0 unspecified atom stereocenters. The largest absolute Gasteiger partial charge is 0.399 e. The molecule has 0 aliphatic carbocycles. The van der Waals surface area contributed by atoms with E-state index >= 15 is 0 Å². The minimum atomic E-state index is 0.857. The number of aryl methyl sites for hydroxylation is 1. The molecule has 2 rings (SSSR count). The quantitative estimate of drug-likeness (QED) is 0.814. The van der Waals surface area contributed by atoms with Crippen molar-refractivity contribution in [3.63, 3.8) is 0 Å². The van der Waals surface area contributed by atoms with E-state index in [4.69, 9.17) is 5.73 Å². The topological polar surface area (TPSA) is 47.1 Å². The fourth-order valence-electron chi connectivity index (χ4n) is 1.94. The molecule has 1 aromatic heterocycles. The fraction of sp³-hybridized carbons (Fsp3) is 0.357. The first-order valence-corrected chi connectivity index (χ1v) is 6.15. The molecule has 0 amide bonds. The van der Waals surface area contributed by atoms with Crippen LogP contribution < -0.4 is 5.73 Å². The summed E-state index contributed by atoms with van der Waals surface area (Å²) in [6, 6.07) is 8.04. The molecule has 1 aromatic carbocycles. The number of nitrogen functional groups attached to an aromatic ring is 1. The highest BCUT2D eigenvalue weighted by Gasteiger charge is 2.05. The third-order valence-corrected chi connectivity index (χ3v) is 3.15. The van der Waals surface area contributed by atoms with Gasteiger partial charge in [0.15, 0.2) is 0 Å². The molecule has 1 heterocycles. The van der Waals surface area contributed by atoms with Crippen molar-refractivity contribution in [2.45, 2.75) is 13.0 Å². The number of hydrogen-bond donors (Lipinski definition) is 1. The minimum absolute atomic E-state index is 0.857. The van der Waals surface area contributed by atoms with Gasteiger partial charge < -0.3 is 10.3 Å². The van der Waals surface area contributed by atoms with Crippen molar-refractivity contribution in [1.29, 1.82) is 0 Å². The summed E-state index contributed by atoms with van der Waals surface area (Å²) in [5.74, 6) is 1.08. The molecule has 0 atom stereocenters. The van der Waals surface area contributed by atoms with Crippen molar-refractivity contribution >= 4 is 5.69 Å². The lowest BCUT2D eigenvalue weighted by Crippen LogP contribution is -2.22. The molecule has 0 bridgehead atoms. The molecule has 4 heteroatoms. The molecule has 0 saturated carbocycles. The Kier molecular flexibility index (Phi) is 3.99. The van der Waals surface area contributed by atoms with Gasteiger partial charge in [-0.2, -0.15) is 0 Å². The molecular weight excluding hydrogens is 224 g/mol. The third kappa shape index (κ3) is 3.11. The van der Waals surface area contributed by atoms with Crippen molar-refractivity contribution < 1.29 is 0 Å². The maximum atomic E-state index is 5.93.